The summed E-state index contributed by atoms with van der Waals surface area (Å²) in [7, 11) is 0. The molecule has 0 atom stereocenters. The molecule has 0 radical (unpaired) electrons. The van der Waals surface area contributed by atoms with E-state index in [9.17, 15) is 13.2 Å². The van der Waals surface area contributed by atoms with Gasteiger partial charge in [-0.15, -0.1) is 0 Å². The predicted octanol–water partition coefficient (Wildman–Crippen LogP) is 5.47. The molecule has 29 heavy (non-hydrogen) atoms. The third-order valence-corrected chi connectivity index (χ3v) is 4.87. The molecule has 9 heteroatoms. The Morgan fingerprint density at radius 3 is 2.79 bits per heavy atom. The smallest absolute Gasteiger partial charge is 0.384 e. The van der Waals surface area contributed by atoms with Crippen molar-refractivity contribution in [1.29, 1.82) is 0 Å². The Balaban J connectivity index is 1.51. The van der Waals surface area contributed by atoms with Crippen LogP contribution in [0, 0.1) is 0 Å². The first-order valence-electron chi connectivity index (χ1n) is 8.95. The highest BCUT2D eigenvalue weighted by molar-refractivity contribution is 6.32. The lowest BCUT2D eigenvalue weighted by molar-refractivity contribution is -0.138. The zero-order valence-electron chi connectivity index (χ0n) is 15.1. The fourth-order valence-corrected chi connectivity index (χ4v) is 3.34. The van der Waals surface area contributed by atoms with Crippen LogP contribution in [0.3, 0.4) is 0 Å². The molecule has 2 heterocycles. The van der Waals surface area contributed by atoms with Gasteiger partial charge in [0.15, 0.2) is 5.82 Å². The predicted molar refractivity (Wildman–Crippen MR) is 108 cm³/mol. The van der Waals surface area contributed by atoms with E-state index in [4.69, 9.17) is 11.6 Å². The zero-order chi connectivity index (χ0) is 20.4. The Labute approximate surface area is 170 Å². The topological polar surface area (TPSA) is 61.9 Å². The molecule has 150 valence electrons. The van der Waals surface area contributed by atoms with Crippen LogP contribution in [0.4, 0.5) is 36.3 Å². The summed E-state index contributed by atoms with van der Waals surface area (Å²) in [5, 5.41) is 9.48. The summed E-state index contributed by atoms with van der Waals surface area (Å²) in [6.07, 6.45) is -2.04. The first-order valence-corrected chi connectivity index (χ1v) is 9.33. The normalized spacial score (nSPS) is 13.0. The van der Waals surface area contributed by atoms with Gasteiger partial charge in [0.2, 0.25) is 5.95 Å². The molecule has 2 aromatic carbocycles. The van der Waals surface area contributed by atoms with Gasteiger partial charge >= 0.3 is 6.18 Å². The third kappa shape index (κ3) is 4.37. The van der Waals surface area contributed by atoms with Crippen molar-refractivity contribution in [3.8, 4) is 0 Å². The number of hydrogen-bond acceptors (Lipinski definition) is 5. The molecule has 0 spiro atoms. The maximum Gasteiger partial charge on any atom is 0.416 e. The minimum atomic E-state index is -4.43. The first-order chi connectivity index (χ1) is 13.9. The van der Waals surface area contributed by atoms with Gasteiger partial charge < -0.3 is 16.0 Å². The van der Waals surface area contributed by atoms with Gasteiger partial charge in [-0.25, -0.2) is 4.98 Å². The highest BCUT2D eigenvalue weighted by atomic mass is 35.5. The quantitative estimate of drug-likeness (QED) is 0.511. The fourth-order valence-electron chi connectivity index (χ4n) is 3.18. The molecular formula is C20H17ClF3N5. The van der Waals surface area contributed by atoms with E-state index in [0.717, 1.165) is 30.4 Å². The largest absolute Gasteiger partial charge is 0.416 e. The Morgan fingerprint density at radius 1 is 1.14 bits per heavy atom. The average molecular weight is 420 g/mol. The Bertz CT molecular complexity index is 1040. The van der Waals surface area contributed by atoms with Gasteiger partial charge in [-0.05, 0) is 35.7 Å². The molecule has 0 bridgehead atoms. The molecule has 3 N–H and O–H groups in total. The zero-order valence-corrected chi connectivity index (χ0v) is 15.9. The van der Waals surface area contributed by atoms with Crippen molar-refractivity contribution < 1.29 is 13.2 Å². The van der Waals surface area contributed by atoms with E-state index in [-0.39, 0.29) is 22.9 Å². The molecule has 0 amide bonds. The van der Waals surface area contributed by atoms with E-state index in [1.54, 1.807) is 6.07 Å². The number of fused-ring (bicyclic) bond motifs is 1. The SMILES string of the molecule is FC(F)(F)c1ccccc1CNc1nc(Nc2ccc3c(c2)NCC3)ncc1Cl. The van der Waals surface area contributed by atoms with Crippen LogP contribution in [0.2, 0.25) is 5.02 Å². The van der Waals surface area contributed by atoms with Crippen LogP contribution in [0.1, 0.15) is 16.7 Å². The average Bonchev–Trinajstić information content (AvgIpc) is 3.16. The van der Waals surface area contributed by atoms with Gasteiger partial charge in [-0.3, -0.25) is 0 Å². The molecule has 0 unspecified atom stereocenters. The summed E-state index contributed by atoms with van der Waals surface area (Å²) in [4.78, 5) is 8.45. The first kappa shape index (κ1) is 19.3. The van der Waals surface area contributed by atoms with Gasteiger partial charge in [-0.2, -0.15) is 18.2 Å². The van der Waals surface area contributed by atoms with Crippen molar-refractivity contribution in [2.24, 2.45) is 0 Å². The number of rotatable bonds is 5. The van der Waals surface area contributed by atoms with Gasteiger partial charge in [0, 0.05) is 24.5 Å². The van der Waals surface area contributed by atoms with E-state index in [1.165, 1.54) is 23.9 Å². The lowest BCUT2D eigenvalue weighted by Gasteiger charge is -2.14. The monoisotopic (exact) mass is 419 g/mol. The van der Waals surface area contributed by atoms with Crippen LogP contribution in [0.25, 0.3) is 0 Å². The van der Waals surface area contributed by atoms with Crippen molar-refractivity contribution in [3.05, 3.63) is 70.4 Å². The van der Waals surface area contributed by atoms with Crippen LogP contribution in [-0.4, -0.2) is 16.5 Å². The molecule has 4 rings (SSSR count). The van der Waals surface area contributed by atoms with E-state index < -0.39 is 11.7 Å². The van der Waals surface area contributed by atoms with Crippen molar-refractivity contribution in [2.45, 2.75) is 19.1 Å². The van der Waals surface area contributed by atoms with Crippen LogP contribution >= 0.6 is 11.6 Å². The highest BCUT2D eigenvalue weighted by Crippen LogP contribution is 2.32. The molecule has 1 aliphatic rings. The van der Waals surface area contributed by atoms with E-state index >= 15 is 0 Å². The minimum Gasteiger partial charge on any atom is -0.384 e. The summed E-state index contributed by atoms with van der Waals surface area (Å²) >= 11 is 6.12. The van der Waals surface area contributed by atoms with Crippen molar-refractivity contribution >= 4 is 34.7 Å². The number of hydrogen-bond donors (Lipinski definition) is 3. The molecule has 5 nitrogen and oxygen atoms in total. The lowest BCUT2D eigenvalue weighted by Crippen LogP contribution is -2.12. The van der Waals surface area contributed by atoms with Crippen LogP contribution in [-0.2, 0) is 19.1 Å². The molecular weight excluding hydrogens is 403 g/mol. The van der Waals surface area contributed by atoms with Gasteiger partial charge in [0.1, 0.15) is 5.02 Å². The minimum absolute atomic E-state index is 0.0748. The summed E-state index contributed by atoms with van der Waals surface area (Å²) in [6.45, 7) is 0.832. The number of nitrogens with zero attached hydrogens (tertiary/aromatic N) is 2. The number of nitrogens with one attached hydrogen (secondary N) is 3. The summed E-state index contributed by atoms with van der Waals surface area (Å²) < 4.78 is 39.5. The van der Waals surface area contributed by atoms with Crippen molar-refractivity contribution in [2.75, 3.05) is 22.5 Å². The maximum absolute atomic E-state index is 13.2. The van der Waals surface area contributed by atoms with E-state index in [2.05, 4.69) is 25.9 Å². The third-order valence-electron chi connectivity index (χ3n) is 4.59. The summed E-state index contributed by atoms with van der Waals surface area (Å²) in [5.74, 6) is 0.541. The molecule has 1 aromatic heterocycles. The van der Waals surface area contributed by atoms with Crippen LogP contribution < -0.4 is 16.0 Å². The Hall–Kier alpha value is -3.00. The Kier molecular flexibility index (Phi) is 5.19. The summed E-state index contributed by atoms with van der Waals surface area (Å²) in [5.41, 5.74) is 2.52. The lowest BCUT2D eigenvalue weighted by atomic mass is 10.1. The fraction of sp³-hybridized carbons (Fsp3) is 0.200. The van der Waals surface area contributed by atoms with Crippen molar-refractivity contribution in [1.82, 2.24) is 9.97 Å². The number of alkyl halides is 3. The molecule has 0 fully saturated rings. The number of aromatic nitrogens is 2. The van der Waals surface area contributed by atoms with Crippen LogP contribution in [0.5, 0.6) is 0 Å². The molecule has 0 saturated carbocycles. The van der Waals surface area contributed by atoms with E-state index in [1.807, 2.05) is 18.2 Å². The van der Waals surface area contributed by atoms with Crippen molar-refractivity contribution in [3.63, 3.8) is 0 Å². The number of anilines is 4. The molecule has 3 aromatic rings. The van der Waals surface area contributed by atoms with Gasteiger partial charge in [0.25, 0.3) is 0 Å². The van der Waals surface area contributed by atoms with Gasteiger partial charge in [-0.1, -0.05) is 35.9 Å². The second-order valence-electron chi connectivity index (χ2n) is 6.57. The maximum atomic E-state index is 13.2. The molecule has 1 aliphatic heterocycles. The second-order valence-corrected chi connectivity index (χ2v) is 6.98. The number of halogens is 4. The second kappa shape index (κ2) is 7.79. The summed E-state index contributed by atoms with van der Waals surface area (Å²) in [6, 6.07) is 11.3. The van der Waals surface area contributed by atoms with E-state index in [0.29, 0.717) is 5.95 Å². The molecule has 0 aliphatic carbocycles. The van der Waals surface area contributed by atoms with Gasteiger partial charge in [0.05, 0.1) is 11.8 Å². The Morgan fingerprint density at radius 2 is 1.97 bits per heavy atom. The molecule has 0 saturated heterocycles. The standard InChI is InChI=1S/C20H17ClF3N5/c21-16-11-27-19(28-14-6-5-12-7-8-25-17(12)9-14)29-18(16)26-10-13-3-1-2-4-15(13)20(22,23)24/h1-6,9,11,25H,7-8,10H2,(H2,26,27,28,29). The number of benzene rings is 2. The van der Waals surface area contributed by atoms with Crippen LogP contribution in [0.15, 0.2) is 48.7 Å². The highest BCUT2D eigenvalue weighted by Gasteiger charge is 2.32.